The van der Waals surface area contributed by atoms with Crippen LogP contribution in [0, 0.1) is 23.2 Å². The number of benzene rings is 1. The Morgan fingerprint density at radius 2 is 1.65 bits per heavy atom. The minimum Gasteiger partial charge on any atom is -0.348 e. The van der Waals surface area contributed by atoms with Crippen molar-refractivity contribution in [3.8, 4) is 0 Å². The van der Waals surface area contributed by atoms with Crippen molar-refractivity contribution in [1.82, 2.24) is 10.6 Å². The molecular formula is C22H28N2O2. The quantitative estimate of drug-likeness (QED) is 0.875. The zero-order valence-corrected chi connectivity index (χ0v) is 15.3. The highest BCUT2D eigenvalue weighted by atomic mass is 16.2. The number of hydrogen-bond acceptors (Lipinski definition) is 2. The molecule has 4 heteroatoms. The van der Waals surface area contributed by atoms with Crippen LogP contribution in [0.4, 0.5) is 0 Å². The van der Waals surface area contributed by atoms with E-state index in [0.29, 0.717) is 0 Å². The SMILES string of the molecule is O=C(CNC(=O)C12CC3CC(CC(C3)C1)C2)NC1CCc2ccccc21. The lowest BCUT2D eigenvalue weighted by Gasteiger charge is -2.55. The molecule has 0 heterocycles. The monoisotopic (exact) mass is 352 g/mol. The van der Waals surface area contributed by atoms with Crippen LogP contribution in [0.25, 0.3) is 0 Å². The third-order valence-electron chi connectivity index (χ3n) is 7.40. The van der Waals surface area contributed by atoms with Crippen LogP contribution >= 0.6 is 0 Å². The van der Waals surface area contributed by atoms with Crippen LogP contribution in [-0.4, -0.2) is 18.4 Å². The summed E-state index contributed by atoms with van der Waals surface area (Å²) in [5.74, 6) is 2.31. The molecule has 4 nitrogen and oxygen atoms in total. The first-order chi connectivity index (χ1) is 12.6. The molecule has 0 aromatic heterocycles. The highest BCUT2D eigenvalue weighted by Gasteiger charge is 2.54. The van der Waals surface area contributed by atoms with Crippen LogP contribution in [0.3, 0.4) is 0 Å². The fraction of sp³-hybridized carbons (Fsp3) is 0.636. The number of carbonyl (C=O) groups is 2. The van der Waals surface area contributed by atoms with Crippen molar-refractivity contribution in [1.29, 1.82) is 0 Å². The largest absolute Gasteiger partial charge is 0.348 e. The second kappa shape index (κ2) is 6.11. The van der Waals surface area contributed by atoms with Gasteiger partial charge in [0.15, 0.2) is 0 Å². The van der Waals surface area contributed by atoms with Gasteiger partial charge in [-0.05, 0) is 80.2 Å². The summed E-state index contributed by atoms with van der Waals surface area (Å²) in [6.07, 6.45) is 9.08. The number of hydrogen-bond donors (Lipinski definition) is 2. The van der Waals surface area contributed by atoms with Crippen molar-refractivity contribution in [3.05, 3.63) is 35.4 Å². The lowest BCUT2D eigenvalue weighted by molar-refractivity contribution is -0.147. The molecule has 4 fully saturated rings. The molecule has 0 saturated heterocycles. The molecule has 0 spiro atoms. The maximum Gasteiger partial charge on any atom is 0.239 e. The molecule has 1 aromatic carbocycles. The van der Waals surface area contributed by atoms with E-state index in [-0.39, 0.29) is 29.8 Å². The Labute approximate surface area is 155 Å². The second-order valence-corrected chi connectivity index (χ2v) is 9.24. The van der Waals surface area contributed by atoms with Crippen molar-refractivity contribution in [3.63, 3.8) is 0 Å². The summed E-state index contributed by atoms with van der Waals surface area (Å²) in [5, 5.41) is 6.10. The second-order valence-electron chi connectivity index (χ2n) is 9.24. The Hall–Kier alpha value is -1.84. The molecule has 0 aliphatic heterocycles. The number of carbonyl (C=O) groups excluding carboxylic acids is 2. The minimum atomic E-state index is -0.172. The van der Waals surface area contributed by atoms with E-state index in [2.05, 4.69) is 28.8 Å². The minimum absolute atomic E-state index is 0.0650. The van der Waals surface area contributed by atoms with Crippen molar-refractivity contribution in [2.24, 2.45) is 23.2 Å². The predicted octanol–water partition coefficient (Wildman–Crippen LogP) is 3.12. The smallest absolute Gasteiger partial charge is 0.239 e. The molecule has 0 radical (unpaired) electrons. The van der Waals surface area contributed by atoms with Gasteiger partial charge in [-0.1, -0.05) is 24.3 Å². The van der Waals surface area contributed by atoms with Crippen molar-refractivity contribution >= 4 is 11.8 Å². The zero-order chi connectivity index (χ0) is 17.7. The van der Waals surface area contributed by atoms with Gasteiger partial charge in [-0.15, -0.1) is 0 Å². The summed E-state index contributed by atoms with van der Waals surface area (Å²) in [5.41, 5.74) is 2.39. The van der Waals surface area contributed by atoms with Gasteiger partial charge in [0.1, 0.15) is 0 Å². The topological polar surface area (TPSA) is 58.2 Å². The van der Waals surface area contributed by atoms with Crippen LogP contribution in [0.15, 0.2) is 24.3 Å². The number of amides is 2. The van der Waals surface area contributed by atoms with Gasteiger partial charge in [0.2, 0.25) is 11.8 Å². The average Bonchev–Trinajstić information content (AvgIpc) is 3.01. The van der Waals surface area contributed by atoms with Crippen molar-refractivity contribution in [2.75, 3.05) is 6.54 Å². The van der Waals surface area contributed by atoms with Crippen LogP contribution in [0.1, 0.15) is 62.1 Å². The van der Waals surface area contributed by atoms with E-state index in [4.69, 9.17) is 0 Å². The first kappa shape index (κ1) is 16.3. The van der Waals surface area contributed by atoms with E-state index in [1.165, 1.54) is 30.4 Å². The molecule has 1 atom stereocenters. The van der Waals surface area contributed by atoms with Gasteiger partial charge in [-0.3, -0.25) is 9.59 Å². The van der Waals surface area contributed by atoms with Gasteiger partial charge >= 0.3 is 0 Å². The van der Waals surface area contributed by atoms with Crippen LogP contribution in [0.2, 0.25) is 0 Å². The van der Waals surface area contributed by atoms with E-state index in [1.54, 1.807) is 0 Å². The van der Waals surface area contributed by atoms with Gasteiger partial charge in [0.05, 0.1) is 12.6 Å². The van der Waals surface area contributed by atoms with Gasteiger partial charge in [-0.2, -0.15) is 0 Å². The third kappa shape index (κ3) is 2.74. The van der Waals surface area contributed by atoms with E-state index >= 15 is 0 Å². The first-order valence-corrected chi connectivity index (χ1v) is 10.3. The number of fused-ring (bicyclic) bond motifs is 1. The Kier molecular flexibility index (Phi) is 3.84. The van der Waals surface area contributed by atoms with Crippen molar-refractivity contribution in [2.45, 2.75) is 57.4 Å². The first-order valence-electron chi connectivity index (χ1n) is 10.3. The number of aryl methyl sites for hydroxylation is 1. The zero-order valence-electron chi connectivity index (χ0n) is 15.3. The summed E-state index contributed by atoms with van der Waals surface area (Å²) < 4.78 is 0. The summed E-state index contributed by atoms with van der Waals surface area (Å²) in [6, 6.07) is 8.40. The molecule has 4 saturated carbocycles. The summed E-state index contributed by atoms with van der Waals surface area (Å²) >= 11 is 0. The maximum atomic E-state index is 12.9. The van der Waals surface area contributed by atoms with Gasteiger partial charge < -0.3 is 10.6 Å². The van der Waals surface area contributed by atoms with Crippen LogP contribution < -0.4 is 10.6 Å². The standard InChI is InChI=1S/C22H28N2O2/c25-20(24-19-6-5-17-3-1-2-4-18(17)19)13-23-21(26)22-10-14-7-15(11-22)9-16(8-14)12-22/h1-4,14-16,19H,5-13H2,(H,23,26)(H,24,25). The number of rotatable bonds is 4. The molecule has 2 N–H and O–H groups in total. The highest BCUT2D eigenvalue weighted by Crippen LogP contribution is 2.60. The number of nitrogens with one attached hydrogen (secondary N) is 2. The predicted molar refractivity (Wildman–Crippen MR) is 99.3 cm³/mol. The summed E-state index contributed by atoms with van der Waals surface area (Å²) in [4.78, 5) is 25.4. The fourth-order valence-electron chi connectivity index (χ4n) is 6.69. The van der Waals surface area contributed by atoms with Gasteiger partial charge in [-0.25, -0.2) is 0 Å². The molecule has 5 aliphatic carbocycles. The Bertz CT molecular complexity index is 706. The van der Waals surface area contributed by atoms with Crippen LogP contribution in [0.5, 0.6) is 0 Å². The highest BCUT2D eigenvalue weighted by molar-refractivity contribution is 5.88. The molecule has 1 unspecified atom stereocenters. The molecule has 138 valence electrons. The Morgan fingerprint density at radius 3 is 2.35 bits per heavy atom. The van der Waals surface area contributed by atoms with Crippen molar-refractivity contribution < 1.29 is 9.59 Å². The normalized spacial score (nSPS) is 36.6. The molecule has 5 aliphatic rings. The van der Waals surface area contributed by atoms with Gasteiger partial charge in [0.25, 0.3) is 0 Å². The molecule has 26 heavy (non-hydrogen) atoms. The lowest BCUT2D eigenvalue weighted by Crippen LogP contribution is -2.54. The summed E-state index contributed by atoms with van der Waals surface area (Å²) in [7, 11) is 0. The molecular weight excluding hydrogens is 324 g/mol. The maximum absolute atomic E-state index is 12.9. The van der Waals surface area contributed by atoms with E-state index in [0.717, 1.165) is 49.9 Å². The average molecular weight is 352 g/mol. The van der Waals surface area contributed by atoms with Crippen LogP contribution in [-0.2, 0) is 16.0 Å². The third-order valence-corrected chi connectivity index (χ3v) is 7.40. The Balaban J connectivity index is 1.18. The summed E-state index contributed by atoms with van der Waals surface area (Å²) in [6.45, 7) is 0.110. The molecule has 2 amide bonds. The fourth-order valence-corrected chi connectivity index (χ4v) is 6.69. The Morgan fingerprint density at radius 1 is 1.00 bits per heavy atom. The van der Waals surface area contributed by atoms with E-state index in [1.807, 2.05) is 6.07 Å². The van der Waals surface area contributed by atoms with Gasteiger partial charge in [0, 0.05) is 5.41 Å². The lowest BCUT2D eigenvalue weighted by atomic mass is 9.49. The molecule has 4 bridgehead atoms. The molecule has 1 aromatic rings. The van der Waals surface area contributed by atoms with E-state index in [9.17, 15) is 9.59 Å². The van der Waals surface area contributed by atoms with E-state index < -0.39 is 0 Å². The molecule has 6 rings (SSSR count).